The Labute approximate surface area is 149 Å². The van der Waals surface area contributed by atoms with Crippen LogP contribution in [0.2, 0.25) is 0 Å². The van der Waals surface area contributed by atoms with E-state index in [0.717, 1.165) is 62.8 Å². The number of fused-ring (bicyclic) bond motifs is 1. The molecule has 0 radical (unpaired) electrons. The van der Waals surface area contributed by atoms with E-state index < -0.39 is 0 Å². The van der Waals surface area contributed by atoms with Crippen LogP contribution < -0.4 is 10.2 Å². The highest BCUT2D eigenvalue weighted by Crippen LogP contribution is 2.31. The molecule has 1 saturated heterocycles. The molecule has 1 saturated carbocycles. The normalized spacial score (nSPS) is 24.2. The van der Waals surface area contributed by atoms with Gasteiger partial charge in [-0.2, -0.15) is 0 Å². The molecule has 25 heavy (non-hydrogen) atoms. The standard InChI is InChI=1S/C19H28N4O2/c24-18(12-14-4-1-2-5-14)21-16-6-3-7-17-15(16)13-20-19(22-17)23-8-10-25-11-9-23/h13-14,16H,1-12H2,(H,21,24)/t16-/m0/s1. The molecule has 2 heterocycles. The molecule has 0 aromatic carbocycles. The van der Waals surface area contributed by atoms with E-state index in [-0.39, 0.29) is 11.9 Å². The van der Waals surface area contributed by atoms with Gasteiger partial charge in [-0.15, -0.1) is 0 Å². The first-order valence-corrected chi connectivity index (χ1v) is 9.77. The van der Waals surface area contributed by atoms with Crippen LogP contribution in [0.4, 0.5) is 5.95 Å². The molecule has 1 N–H and O–H groups in total. The van der Waals surface area contributed by atoms with Gasteiger partial charge in [-0.25, -0.2) is 9.97 Å². The average molecular weight is 344 g/mol. The first-order chi connectivity index (χ1) is 12.3. The Morgan fingerprint density at radius 3 is 2.80 bits per heavy atom. The van der Waals surface area contributed by atoms with Crippen molar-refractivity contribution in [1.29, 1.82) is 0 Å². The molecule has 1 aromatic heterocycles. The third kappa shape index (κ3) is 3.94. The van der Waals surface area contributed by atoms with E-state index in [1.54, 1.807) is 0 Å². The predicted molar refractivity (Wildman–Crippen MR) is 95.5 cm³/mol. The topological polar surface area (TPSA) is 67.4 Å². The largest absolute Gasteiger partial charge is 0.378 e. The summed E-state index contributed by atoms with van der Waals surface area (Å²) in [6.07, 6.45) is 10.6. The van der Waals surface area contributed by atoms with Crippen molar-refractivity contribution >= 4 is 11.9 Å². The number of nitrogens with zero attached hydrogens (tertiary/aromatic N) is 3. The maximum atomic E-state index is 12.4. The minimum absolute atomic E-state index is 0.0800. The number of rotatable bonds is 4. The van der Waals surface area contributed by atoms with Crippen molar-refractivity contribution < 1.29 is 9.53 Å². The molecule has 2 fully saturated rings. The summed E-state index contributed by atoms with van der Waals surface area (Å²) in [4.78, 5) is 24.0. The minimum atomic E-state index is 0.0800. The lowest BCUT2D eigenvalue weighted by atomic mass is 9.92. The maximum absolute atomic E-state index is 12.4. The van der Waals surface area contributed by atoms with Gasteiger partial charge in [0, 0.05) is 31.3 Å². The number of morpholine rings is 1. The molecule has 1 aromatic rings. The van der Waals surface area contributed by atoms with Gasteiger partial charge in [0.25, 0.3) is 0 Å². The fourth-order valence-electron chi connectivity index (χ4n) is 4.33. The lowest BCUT2D eigenvalue weighted by Gasteiger charge is -2.30. The number of nitrogens with one attached hydrogen (secondary N) is 1. The fourth-order valence-corrected chi connectivity index (χ4v) is 4.33. The highest BCUT2D eigenvalue weighted by atomic mass is 16.5. The molecular formula is C19H28N4O2. The number of aromatic nitrogens is 2. The maximum Gasteiger partial charge on any atom is 0.225 e. The van der Waals surface area contributed by atoms with Gasteiger partial charge in [0.2, 0.25) is 11.9 Å². The van der Waals surface area contributed by atoms with Crippen molar-refractivity contribution in [2.24, 2.45) is 5.92 Å². The van der Waals surface area contributed by atoms with Crippen LogP contribution in [-0.2, 0) is 16.0 Å². The number of carbonyl (C=O) groups excluding carboxylic acids is 1. The molecule has 136 valence electrons. The summed E-state index contributed by atoms with van der Waals surface area (Å²) in [6, 6.07) is 0.0800. The minimum Gasteiger partial charge on any atom is -0.378 e. The second-order valence-corrected chi connectivity index (χ2v) is 7.54. The van der Waals surface area contributed by atoms with E-state index in [1.165, 1.54) is 25.7 Å². The molecule has 1 aliphatic heterocycles. The summed E-state index contributed by atoms with van der Waals surface area (Å²) in [5.41, 5.74) is 2.22. The number of carbonyl (C=O) groups is 1. The Balaban J connectivity index is 1.43. The van der Waals surface area contributed by atoms with E-state index >= 15 is 0 Å². The smallest absolute Gasteiger partial charge is 0.225 e. The summed E-state index contributed by atoms with van der Waals surface area (Å²) < 4.78 is 5.40. The van der Waals surface area contributed by atoms with Crippen LogP contribution in [0.15, 0.2) is 6.20 Å². The molecule has 6 nitrogen and oxygen atoms in total. The van der Waals surface area contributed by atoms with Gasteiger partial charge < -0.3 is 15.0 Å². The molecule has 3 aliphatic rings. The highest BCUT2D eigenvalue weighted by molar-refractivity contribution is 5.76. The number of anilines is 1. The quantitative estimate of drug-likeness (QED) is 0.908. The lowest BCUT2D eigenvalue weighted by molar-refractivity contribution is -0.122. The van der Waals surface area contributed by atoms with Crippen LogP contribution in [0, 0.1) is 5.92 Å². The van der Waals surface area contributed by atoms with Gasteiger partial charge in [0.15, 0.2) is 0 Å². The molecule has 2 aliphatic carbocycles. The second-order valence-electron chi connectivity index (χ2n) is 7.54. The summed E-state index contributed by atoms with van der Waals surface area (Å²) in [5, 5.41) is 3.25. The Kier molecular flexibility index (Phi) is 5.15. The molecule has 0 spiro atoms. The first kappa shape index (κ1) is 16.8. The van der Waals surface area contributed by atoms with Crippen molar-refractivity contribution in [1.82, 2.24) is 15.3 Å². The SMILES string of the molecule is O=C(CC1CCCC1)N[C@H]1CCCc2nc(N3CCOCC3)ncc21. The monoisotopic (exact) mass is 344 g/mol. The predicted octanol–water partition coefficient (Wildman–Crippen LogP) is 2.39. The molecule has 1 atom stereocenters. The first-order valence-electron chi connectivity index (χ1n) is 9.77. The molecule has 4 rings (SSSR count). The van der Waals surface area contributed by atoms with Crippen LogP contribution >= 0.6 is 0 Å². The second kappa shape index (κ2) is 7.68. The van der Waals surface area contributed by atoms with Crippen molar-refractivity contribution in [3.63, 3.8) is 0 Å². The van der Waals surface area contributed by atoms with E-state index in [2.05, 4.69) is 15.2 Å². The van der Waals surface area contributed by atoms with Crippen LogP contribution in [0.25, 0.3) is 0 Å². The number of aryl methyl sites for hydroxylation is 1. The summed E-state index contributed by atoms with van der Waals surface area (Å²) in [7, 11) is 0. The molecular weight excluding hydrogens is 316 g/mol. The Hall–Kier alpha value is -1.69. The van der Waals surface area contributed by atoms with Gasteiger partial charge in [0.05, 0.1) is 24.9 Å². The van der Waals surface area contributed by atoms with Gasteiger partial charge in [-0.1, -0.05) is 12.8 Å². The average Bonchev–Trinajstić information content (AvgIpc) is 3.15. The van der Waals surface area contributed by atoms with Gasteiger partial charge >= 0.3 is 0 Å². The lowest BCUT2D eigenvalue weighted by Crippen LogP contribution is -2.38. The number of ether oxygens (including phenoxy) is 1. The summed E-state index contributed by atoms with van der Waals surface area (Å²) >= 11 is 0. The van der Waals surface area contributed by atoms with E-state index in [4.69, 9.17) is 9.72 Å². The number of amides is 1. The van der Waals surface area contributed by atoms with Crippen molar-refractivity contribution in [3.05, 3.63) is 17.5 Å². The van der Waals surface area contributed by atoms with Crippen LogP contribution in [0.5, 0.6) is 0 Å². The highest BCUT2D eigenvalue weighted by Gasteiger charge is 2.26. The molecule has 6 heteroatoms. The van der Waals surface area contributed by atoms with Crippen LogP contribution in [0.3, 0.4) is 0 Å². The third-order valence-corrected chi connectivity index (χ3v) is 5.75. The van der Waals surface area contributed by atoms with E-state index in [0.29, 0.717) is 12.3 Å². The van der Waals surface area contributed by atoms with Crippen LogP contribution in [0.1, 0.15) is 62.2 Å². The summed E-state index contributed by atoms with van der Waals surface area (Å²) in [5.74, 6) is 1.59. The third-order valence-electron chi connectivity index (χ3n) is 5.75. The molecule has 0 bridgehead atoms. The Morgan fingerprint density at radius 1 is 1.20 bits per heavy atom. The van der Waals surface area contributed by atoms with E-state index in [1.807, 2.05) is 6.20 Å². The van der Waals surface area contributed by atoms with Crippen molar-refractivity contribution in [2.75, 3.05) is 31.2 Å². The number of hydrogen-bond donors (Lipinski definition) is 1. The van der Waals surface area contributed by atoms with Gasteiger partial charge in [0.1, 0.15) is 0 Å². The number of hydrogen-bond acceptors (Lipinski definition) is 5. The zero-order valence-electron chi connectivity index (χ0n) is 14.9. The zero-order chi connectivity index (χ0) is 17.1. The van der Waals surface area contributed by atoms with Crippen LogP contribution in [-0.4, -0.2) is 42.2 Å². The van der Waals surface area contributed by atoms with Gasteiger partial charge in [-0.3, -0.25) is 4.79 Å². The van der Waals surface area contributed by atoms with Gasteiger partial charge in [-0.05, 0) is 38.0 Å². The fraction of sp³-hybridized carbons (Fsp3) is 0.737. The molecule has 0 unspecified atom stereocenters. The summed E-state index contributed by atoms with van der Waals surface area (Å²) in [6.45, 7) is 3.17. The van der Waals surface area contributed by atoms with Crippen molar-refractivity contribution in [3.8, 4) is 0 Å². The van der Waals surface area contributed by atoms with Crippen molar-refractivity contribution in [2.45, 2.75) is 57.4 Å². The zero-order valence-corrected chi connectivity index (χ0v) is 14.9. The Bertz CT molecular complexity index is 609. The molecule has 1 amide bonds. The van der Waals surface area contributed by atoms with E-state index in [9.17, 15) is 4.79 Å². The Morgan fingerprint density at radius 2 is 2.00 bits per heavy atom.